The minimum atomic E-state index is -0.861. The minimum Gasteiger partial charge on any atom is -0.481 e. The molecule has 0 saturated carbocycles. The highest BCUT2D eigenvalue weighted by atomic mass is 16.4. The van der Waals surface area contributed by atoms with Crippen LogP contribution in [-0.4, -0.2) is 36.6 Å². The second-order valence-corrected chi connectivity index (χ2v) is 4.64. The van der Waals surface area contributed by atoms with Crippen molar-refractivity contribution in [3.63, 3.8) is 0 Å². The molecule has 0 rings (SSSR count). The Morgan fingerprint density at radius 2 is 1.76 bits per heavy atom. The van der Waals surface area contributed by atoms with Gasteiger partial charge in [0.2, 0.25) is 5.91 Å². The van der Waals surface area contributed by atoms with Gasteiger partial charge < -0.3 is 15.7 Å². The van der Waals surface area contributed by atoms with Gasteiger partial charge >= 0.3 is 5.97 Å². The molecule has 0 aromatic carbocycles. The van der Waals surface area contributed by atoms with Crippen molar-refractivity contribution in [2.75, 3.05) is 19.6 Å². The SMILES string of the molecule is CCNCC(C)C(=O)NCC(C(=O)O)C(C)C. The summed E-state index contributed by atoms with van der Waals surface area (Å²) >= 11 is 0. The molecule has 5 nitrogen and oxygen atoms in total. The zero-order chi connectivity index (χ0) is 13.4. The van der Waals surface area contributed by atoms with E-state index in [-0.39, 0.29) is 24.3 Å². The number of carbonyl (C=O) groups excluding carboxylic acids is 1. The highest BCUT2D eigenvalue weighted by Gasteiger charge is 2.23. The molecule has 0 aliphatic carbocycles. The molecule has 0 aliphatic heterocycles. The Morgan fingerprint density at radius 1 is 1.18 bits per heavy atom. The zero-order valence-electron chi connectivity index (χ0n) is 11.1. The van der Waals surface area contributed by atoms with Crippen molar-refractivity contribution in [3.8, 4) is 0 Å². The highest BCUT2D eigenvalue weighted by molar-refractivity contribution is 5.79. The maximum absolute atomic E-state index is 11.7. The summed E-state index contributed by atoms with van der Waals surface area (Å²) in [5, 5.41) is 14.8. The van der Waals surface area contributed by atoms with E-state index in [2.05, 4.69) is 10.6 Å². The minimum absolute atomic E-state index is 0.0110. The molecule has 0 aromatic rings. The molecule has 0 aliphatic rings. The number of carboxylic acid groups (broad SMARTS) is 1. The van der Waals surface area contributed by atoms with Gasteiger partial charge in [0, 0.05) is 19.0 Å². The largest absolute Gasteiger partial charge is 0.481 e. The molecule has 2 atom stereocenters. The quantitative estimate of drug-likeness (QED) is 0.587. The summed E-state index contributed by atoms with van der Waals surface area (Å²) in [5.74, 6) is -1.61. The lowest BCUT2D eigenvalue weighted by Gasteiger charge is -2.18. The summed E-state index contributed by atoms with van der Waals surface area (Å²) in [4.78, 5) is 22.6. The number of rotatable bonds is 8. The Bertz CT molecular complexity index is 254. The molecule has 0 bridgehead atoms. The second kappa shape index (κ2) is 8.06. The van der Waals surface area contributed by atoms with Crippen molar-refractivity contribution in [3.05, 3.63) is 0 Å². The van der Waals surface area contributed by atoms with Crippen molar-refractivity contribution in [2.45, 2.75) is 27.7 Å². The van der Waals surface area contributed by atoms with Gasteiger partial charge in [-0.05, 0) is 12.5 Å². The number of hydrogen-bond acceptors (Lipinski definition) is 3. The van der Waals surface area contributed by atoms with Gasteiger partial charge in [-0.2, -0.15) is 0 Å². The van der Waals surface area contributed by atoms with E-state index in [0.717, 1.165) is 6.54 Å². The van der Waals surface area contributed by atoms with Gasteiger partial charge in [0.25, 0.3) is 0 Å². The van der Waals surface area contributed by atoms with E-state index in [1.165, 1.54) is 0 Å². The van der Waals surface area contributed by atoms with Gasteiger partial charge in [-0.25, -0.2) is 0 Å². The van der Waals surface area contributed by atoms with Crippen LogP contribution in [0, 0.1) is 17.8 Å². The molecule has 2 unspecified atom stereocenters. The molecule has 1 amide bonds. The monoisotopic (exact) mass is 244 g/mol. The number of nitrogens with one attached hydrogen (secondary N) is 2. The highest BCUT2D eigenvalue weighted by Crippen LogP contribution is 2.09. The van der Waals surface area contributed by atoms with Crippen molar-refractivity contribution in [1.29, 1.82) is 0 Å². The summed E-state index contributed by atoms with van der Waals surface area (Å²) in [6.07, 6.45) is 0. The van der Waals surface area contributed by atoms with E-state index in [1.807, 2.05) is 27.7 Å². The van der Waals surface area contributed by atoms with Gasteiger partial charge in [0.1, 0.15) is 0 Å². The van der Waals surface area contributed by atoms with E-state index < -0.39 is 11.9 Å². The normalized spacial score (nSPS) is 14.4. The van der Waals surface area contributed by atoms with E-state index >= 15 is 0 Å². The van der Waals surface area contributed by atoms with E-state index in [9.17, 15) is 9.59 Å². The lowest BCUT2D eigenvalue weighted by molar-refractivity contribution is -0.143. The predicted octanol–water partition coefficient (Wildman–Crippen LogP) is 0.705. The van der Waals surface area contributed by atoms with Gasteiger partial charge in [-0.3, -0.25) is 9.59 Å². The van der Waals surface area contributed by atoms with Crippen LogP contribution in [-0.2, 0) is 9.59 Å². The zero-order valence-corrected chi connectivity index (χ0v) is 11.1. The van der Waals surface area contributed by atoms with E-state index in [0.29, 0.717) is 6.54 Å². The summed E-state index contributed by atoms with van der Waals surface area (Å²) in [6, 6.07) is 0. The first kappa shape index (κ1) is 15.9. The second-order valence-electron chi connectivity index (χ2n) is 4.64. The molecule has 0 saturated heterocycles. The van der Waals surface area contributed by atoms with Crippen LogP contribution in [0.3, 0.4) is 0 Å². The summed E-state index contributed by atoms with van der Waals surface area (Å²) in [7, 11) is 0. The Hall–Kier alpha value is -1.10. The molecule has 17 heavy (non-hydrogen) atoms. The van der Waals surface area contributed by atoms with Crippen LogP contribution in [0.2, 0.25) is 0 Å². The number of hydrogen-bond donors (Lipinski definition) is 3. The van der Waals surface area contributed by atoms with Gasteiger partial charge in [0.05, 0.1) is 5.92 Å². The van der Waals surface area contributed by atoms with Crippen LogP contribution < -0.4 is 10.6 Å². The van der Waals surface area contributed by atoms with Crippen LogP contribution in [0.5, 0.6) is 0 Å². The van der Waals surface area contributed by atoms with Crippen molar-refractivity contribution < 1.29 is 14.7 Å². The first-order chi connectivity index (χ1) is 7.90. The van der Waals surface area contributed by atoms with Crippen LogP contribution in [0.25, 0.3) is 0 Å². The number of carboxylic acids is 1. The number of amides is 1. The fourth-order valence-corrected chi connectivity index (χ4v) is 1.45. The van der Waals surface area contributed by atoms with Gasteiger partial charge in [0.15, 0.2) is 0 Å². The van der Waals surface area contributed by atoms with Crippen molar-refractivity contribution in [1.82, 2.24) is 10.6 Å². The first-order valence-electron chi connectivity index (χ1n) is 6.11. The molecular weight excluding hydrogens is 220 g/mol. The van der Waals surface area contributed by atoms with Crippen LogP contribution in [0.15, 0.2) is 0 Å². The molecular formula is C12H24N2O3. The topological polar surface area (TPSA) is 78.4 Å². The molecule has 100 valence electrons. The molecule has 0 aromatic heterocycles. The third-order valence-corrected chi connectivity index (χ3v) is 2.77. The third-order valence-electron chi connectivity index (χ3n) is 2.77. The number of carbonyl (C=O) groups is 2. The average Bonchev–Trinajstić information content (AvgIpc) is 2.24. The Labute approximate surface area is 103 Å². The molecule has 0 spiro atoms. The number of aliphatic carboxylic acids is 1. The lowest BCUT2D eigenvalue weighted by Crippen LogP contribution is -2.40. The fourth-order valence-electron chi connectivity index (χ4n) is 1.45. The van der Waals surface area contributed by atoms with Gasteiger partial charge in [-0.1, -0.05) is 27.7 Å². The van der Waals surface area contributed by atoms with E-state index in [1.54, 1.807) is 0 Å². The van der Waals surface area contributed by atoms with E-state index in [4.69, 9.17) is 5.11 Å². The van der Waals surface area contributed by atoms with Crippen LogP contribution in [0.4, 0.5) is 0 Å². The Kier molecular flexibility index (Phi) is 7.54. The molecule has 5 heteroatoms. The maximum atomic E-state index is 11.7. The van der Waals surface area contributed by atoms with Crippen molar-refractivity contribution >= 4 is 11.9 Å². The van der Waals surface area contributed by atoms with Crippen molar-refractivity contribution in [2.24, 2.45) is 17.8 Å². The van der Waals surface area contributed by atoms with Gasteiger partial charge in [-0.15, -0.1) is 0 Å². The van der Waals surface area contributed by atoms with Crippen LogP contribution >= 0.6 is 0 Å². The van der Waals surface area contributed by atoms with Crippen LogP contribution in [0.1, 0.15) is 27.7 Å². The molecule has 0 fully saturated rings. The maximum Gasteiger partial charge on any atom is 0.308 e. The predicted molar refractivity (Wildman–Crippen MR) is 66.7 cm³/mol. The standard InChI is InChI=1S/C12H24N2O3/c1-5-13-6-9(4)11(15)14-7-10(8(2)3)12(16)17/h8-10,13H,5-7H2,1-4H3,(H,14,15)(H,16,17). The molecule has 0 radical (unpaired) electrons. The summed E-state index contributed by atoms with van der Waals surface area (Å²) in [5.41, 5.74) is 0. The molecule has 3 N–H and O–H groups in total. The third kappa shape index (κ3) is 6.26. The first-order valence-corrected chi connectivity index (χ1v) is 6.11. The Balaban J connectivity index is 4.08. The Morgan fingerprint density at radius 3 is 2.18 bits per heavy atom. The summed E-state index contributed by atoms with van der Waals surface area (Å²) in [6.45, 7) is 9.11. The summed E-state index contributed by atoms with van der Waals surface area (Å²) < 4.78 is 0. The smallest absolute Gasteiger partial charge is 0.308 e. The molecule has 0 heterocycles. The fraction of sp³-hybridized carbons (Fsp3) is 0.833. The lowest BCUT2D eigenvalue weighted by atomic mass is 9.96. The average molecular weight is 244 g/mol.